The summed E-state index contributed by atoms with van der Waals surface area (Å²) in [7, 11) is 0. The van der Waals surface area contributed by atoms with E-state index in [0.717, 1.165) is 24.5 Å². The van der Waals surface area contributed by atoms with Gasteiger partial charge in [0.1, 0.15) is 30.5 Å². The number of aromatic hydroxyl groups is 1. The molecule has 0 spiro atoms. The minimum atomic E-state index is -4.60. The van der Waals surface area contributed by atoms with Crippen LogP contribution in [-0.4, -0.2) is 123 Å². The van der Waals surface area contributed by atoms with Crippen LogP contribution in [0, 0.1) is 36.0 Å². The van der Waals surface area contributed by atoms with Crippen molar-refractivity contribution in [2.75, 3.05) is 6.79 Å². The summed E-state index contributed by atoms with van der Waals surface area (Å²) in [5.41, 5.74) is -4.26. The lowest BCUT2D eigenvalue weighted by molar-refractivity contribution is -0.245. The Morgan fingerprint density at radius 3 is 2.31 bits per heavy atom. The fourth-order valence-electron chi connectivity index (χ4n) is 10.2. The Hall–Kier alpha value is -6.27. The normalized spacial score (nSPS) is 32.8. The number of ketones is 3. The summed E-state index contributed by atoms with van der Waals surface area (Å²) in [6, 6.07) is 4.41. The van der Waals surface area contributed by atoms with Gasteiger partial charge in [0.15, 0.2) is 12.1 Å². The number of hydrogen-bond donors (Lipinski definition) is 6. The summed E-state index contributed by atoms with van der Waals surface area (Å²) in [5, 5.41) is 52.6. The van der Waals surface area contributed by atoms with Gasteiger partial charge < -0.3 is 64.2 Å². The number of aliphatic hydroxyl groups is 3. The predicted octanol–water partition coefficient (Wildman–Crippen LogP) is 5.97. The lowest BCUT2D eigenvalue weighted by atomic mass is 9.77. The highest BCUT2D eigenvalue weighted by Crippen LogP contribution is 2.48. The number of Topliss-reactive ketones (excluding diaryl/α,β-unsaturated/α-hetero) is 2. The first-order valence-corrected chi connectivity index (χ1v) is 25.6. The lowest BCUT2D eigenvalue weighted by Gasteiger charge is -2.40. The van der Waals surface area contributed by atoms with E-state index in [9.17, 15) is 62.4 Å². The number of aliphatic hydroxyl groups excluding tert-OH is 3. The molecule has 22 heteroatoms. The zero-order valence-corrected chi connectivity index (χ0v) is 44.8. The third-order valence-electron chi connectivity index (χ3n) is 15.2. The molecule has 14 atom stereocenters. The number of allylic oxidation sites excluding steroid dienone is 4. The number of benzene rings is 2. The highest BCUT2D eigenvalue weighted by molar-refractivity contribution is 6.30. The maximum absolute atomic E-state index is 14.3. The zero-order chi connectivity index (χ0) is 57.5. The molecule has 1 aliphatic carbocycles. The summed E-state index contributed by atoms with van der Waals surface area (Å²) in [4.78, 5) is 82.9. The van der Waals surface area contributed by atoms with Gasteiger partial charge in [-0.25, -0.2) is 0 Å². The molecule has 6 aliphatic rings. The van der Waals surface area contributed by atoms with Gasteiger partial charge in [0.25, 0.3) is 11.7 Å². The van der Waals surface area contributed by atoms with Crippen LogP contribution in [0.2, 0.25) is 0 Å². The summed E-state index contributed by atoms with van der Waals surface area (Å²) >= 11 is 0. The van der Waals surface area contributed by atoms with Gasteiger partial charge in [-0.05, 0) is 65.3 Å². The number of carbonyl (C=O) groups is 6. The van der Waals surface area contributed by atoms with Crippen molar-refractivity contribution in [3.05, 3.63) is 106 Å². The van der Waals surface area contributed by atoms with E-state index >= 15 is 0 Å². The molecular formula is C56H67F3N2O17. The van der Waals surface area contributed by atoms with Crippen LogP contribution < -0.4 is 15.4 Å². The molecular weight excluding hydrogens is 1030 g/mol. The topological polar surface area (TPSA) is 272 Å². The third-order valence-corrected chi connectivity index (χ3v) is 15.2. The van der Waals surface area contributed by atoms with Crippen LogP contribution in [0.15, 0.2) is 72.2 Å². The molecule has 19 nitrogen and oxygen atoms in total. The number of carbonyl (C=O) groups excluding carboxylic acids is 6. The smallest absolute Gasteiger partial charge is 0.416 e. The highest BCUT2D eigenvalue weighted by atomic mass is 19.4. The van der Waals surface area contributed by atoms with Crippen molar-refractivity contribution < 1.29 is 95.5 Å². The van der Waals surface area contributed by atoms with Crippen molar-refractivity contribution in [3.63, 3.8) is 0 Å². The number of fused-ring (bicyclic) bond motifs is 15. The highest BCUT2D eigenvalue weighted by Gasteiger charge is 2.52. The van der Waals surface area contributed by atoms with Crippen LogP contribution >= 0.6 is 0 Å². The molecule has 2 fully saturated rings. The maximum Gasteiger partial charge on any atom is 0.416 e. The van der Waals surface area contributed by atoms with Gasteiger partial charge in [-0.15, -0.1) is 0 Å². The Kier molecular flexibility index (Phi) is 17.7. The molecule has 0 saturated carbocycles. The van der Waals surface area contributed by atoms with Crippen molar-refractivity contribution in [1.29, 1.82) is 0 Å². The second-order valence-electron chi connectivity index (χ2n) is 21.5. The van der Waals surface area contributed by atoms with Crippen molar-refractivity contribution in [2.24, 2.45) is 29.1 Å². The maximum atomic E-state index is 14.3. The molecule has 0 radical (unpaired) electrons. The van der Waals surface area contributed by atoms with Crippen molar-refractivity contribution in [1.82, 2.24) is 10.6 Å². The molecule has 78 heavy (non-hydrogen) atoms. The Morgan fingerprint density at radius 2 is 1.62 bits per heavy atom. The van der Waals surface area contributed by atoms with Crippen LogP contribution in [0.3, 0.4) is 0 Å². The van der Waals surface area contributed by atoms with Gasteiger partial charge >= 0.3 is 17.9 Å². The van der Waals surface area contributed by atoms with Crippen molar-refractivity contribution in [2.45, 2.75) is 156 Å². The molecule has 424 valence electrons. The largest absolute Gasteiger partial charge is 0.507 e. The van der Waals surface area contributed by atoms with Gasteiger partial charge in [-0.3, -0.25) is 28.8 Å². The molecule has 6 N–H and O–H groups in total. The zero-order valence-electron chi connectivity index (χ0n) is 44.8. The summed E-state index contributed by atoms with van der Waals surface area (Å²) in [6.45, 7) is 14.6. The summed E-state index contributed by atoms with van der Waals surface area (Å²) in [6.07, 6.45) is -6.40. The van der Waals surface area contributed by atoms with Gasteiger partial charge in [0.2, 0.25) is 11.7 Å². The second-order valence-corrected chi connectivity index (χ2v) is 21.5. The van der Waals surface area contributed by atoms with Gasteiger partial charge in [0.05, 0.1) is 76.3 Å². The number of ether oxygens (including phenoxy) is 7. The number of rotatable bonds is 9. The Balaban J connectivity index is 1.20. The van der Waals surface area contributed by atoms with Crippen LogP contribution in [0.25, 0.3) is 0 Å². The van der Waals surface area contributed by atoms with E-state index in [4.69, 9.17) is 33.2 Å². The van der Waals surface area contributed by atoms with Gasteiger partial charge in [0, 0.05) is 67.2 Å². The number of phenolic OH excluding ortho intramolecular Hbond substituents is 1. The fraction of sp³-hybridized carbons (Fsp3) is 0.536. The number of nitrogens with one attached hydrogen (secondary N) is 2. The summed E-state index contributed by atoms with van der Waals surface area (Å²) < 4.78 is 81.9. The van der Waals surface area contributed by atoms with E-state index in [1.54, 1.807) is 20.8 Å². The molecule has 2 aromatic rings. The molecule has 2 saturated heterocycles. The SMILES string of the molecule is C/C1=C/C=C/[C@H](C(C)OC(=O)C(C)(C)CC(=O)NCc2cccc(C(F)(F)F)c2)[C@H](O)[C@@H](C)[C@@H](O)[C@@H](C)[C@H](O)[C@H](C)[C@@H](O[C@H]2C[C@@H]3OCO[C@@H]3[C@@H](C)O2)/C=C/O[C@@]2(C)Oc3c(C)c(O)c4c(c3C2=O)C(=O)C=C(NC1=O)C4=O. The monoisotopic (exact) mass is 1100 g/mol. The fourth-order valence-corrected chi connectivity index (χ4v) is 10.2. The average Bonchev–Trinajstić information content (AvgIpc) is 4.19. The standard InChI is InChI=1S/C56H67F3N2O17/c1-25-13-11-16-34(30(6)76-53(71)54(8,9)22-39(63)60-23-32-14-12-15-33(19-32)56(57,58)59)46(66)28(4)45(65)27(3)44(64)26(2)37(77-40-21-38-50(31(7)75-40)73-24-72-38)17-18-74-55(10)51(69)43-41-36(62)20-35(61-52(25)70)48(68)42(41)47(67)29(5)49(43)78-55/h11-20,26-28,30-31,34,37-38,40,44-46,50,64-67H,21-24H2,1-10H3,(H,60,63)(H,61,70)/b16-11+,18-17+,25-13-/t26-,27+,28+,30?,31-,34-,37+,38+,40+,44-,45+,46-,50-,55+/m1/s1. The van der Waals surface area contributed by atoms with Crippen LogP contribution in [0.1, 0.15) is 123 Å². The number of halogens is 3. The number of phenols is 1. The number of hydrogen-bond acceptors (Lipinski definition) is 17. The Labute approximate surface area is 448 Å². The number of esters is 1. The first-order chi connectivity index (χ1) is 36.4. The van der Waals surface area contributed by atoms with Crippen LogP contribution in [0.5, 0.6) is 11.5 Å². The predicted molar refractivity (Wildman–Crippen MR) is 269 cm³/mol. The molecule has 8 rings (SSSR count). The lowest BCUT2D eigenvalue weighted by Crippen LogP contribution is -2.49. The van der Waals surface area contributed by atoms with E-state index in [1.807, 2.05) is 0 Å². The molecule has 1 unspecified atom stereocenters. The van der Waals surface area contributed by atoms with Crippen molar-refractivity contribution >= 4 is 35.1 Å². The molecule has 0 aromatic heterocycles. The number of amides is 2. The number of alkyl halides is 3. The van der Waals surface area contributed by atoms with Gasteiger partial charge in [-0.2, -0.15) is 13.2 Å². The minimum Gasteiger partial charge on any atom is -0.507 e. The van der Waals surface area contributed by atoms with Crippen LogP contribution in [-0.2, 0) is 55.5 Å². The Morgan fingerprint density at radius 1 is 0.936 bits per heavy atom. The van der Waals surface area contributed by atoms with Crippen LogP contribution in [0.4, 0.5) is 13.2 Å². The van der Waals surface area contributed by atoms with E-state index in [2.05, 4.69) is 10.6 Å². The molecule has 5 heterocycles. The minimum absolute atomic E-state index is 0.0469. The van der Waals surface area contributed by atoms with E-state index in [1.165, 1.54) is 84.9 Å². The third kappa shape index (κ3) is 12.3. The second kappa shape index (κ2) is 23.2. The van der Waals surface area contributed by atoms with E-state index in [-0.39, 0.29) is 60.0 Å². The van der Waals surface area contributed by atoms with E-state index in [0.29, 0.717) is 0 Å². The molecule has 5 aliphatic heterocycles. The summed E-state index contributed by atoms with van der Waals surface area (Å²) in [5.74, 6) is -12.5. The average molecular weight is 1100 g/mol. The Bertz CT molecular complexity index is 2820. The molecule has 5 bridgehead atoms. The van der Waals surface area contributed by atoms with Crippen molar-refractivity contribution in [3.8, 4) is 11.5 Å². The van der Waals surface area contributed by atoms with Gasteiger partial charge in [-0.1, -0.05) is 51.1 Å². The molecule has 2 aromatic carbocycles. The quantitative estimate of drug-likeness (QED) is 0.158. The molecule has 2 amide bonds. The first-order valence-electron chi connectivity index (χ1n) is 25.6. The van der Waals surface area contributed by atoms with E-state index < -0.39 is 154 Å². The first kappa shape index (κ1) is 59.4.